The van der Waals surface area contributed by atoms with Gasteiger partial charge in [0.15, 0.2) is 0 Å². The summed E-state index contributed by atoms with van der Waals surface area (Å²) in [6.07, 6.45) is 5.41. The van der Waals surface area contributed by atoms with Crippen LogP contribution < -0.4 is 10.6 Å². The maximum absolute atomic E-state index is 12.5. The Bertz CT molecular complexity index is 576. The van der Waals surface area contributed by atoms with Crippen molar-refractivity contribution in [2.24, 2.45) is 5.92 Å². The highest BCUT2D eigenvalue weighted by Gasteiger charge is 2.25. The number of hydrogen-bond acceptors (Lipinski definition) is 3. The first-order valence-electron chi connectivity index (χ1n) is 9.55. The van der Waals surface area contributed by atoms with Crippen LogP contribution in [0.3, 0.4) is 0 Å². The first kappa shape index (κ1) is 20.7. The van der Waals surface area contributed by atoms with Gasteiger partial charge in [-0.15, -0.1) is 12.4 Å². The zero-order chi connectivity index (χ0) is 17.5. The second-order valence-corrected chi connectivity index (χ2v) is 7.21. The van der Waals surface area contributed by atoms with Crippen LogP contribution in [0.15, 0.2) is 30.3 Å². The molecule has 3 rings (SSSR count). The molecule has 2 aliphatic heterocycles. The number of nitrogens with zero attached hydrogens (tertiary/aromatic N) is 1. The molecule has 0 spiro atoms. The molecular formula is C20H30ClN3O2. The number of carbonyl (C=O) groups is 2. The second kappa shape index (κ2) is 10.5. The number of carbonyl (C=O) groups excluding carboxylic acids is 2. The predicted octanol–water partition coefficient (Wildman–Crippen LogP) is 2.67. The molecule has 0 aliphatic carbocycles. The Morgan fingerprint density at radius 3 is 2.62 bits per heavy atom. The van der Waals surface area contributed by atoms with Crippen LogP contribution in [0.5, 0.6) is 0 Å². The van der Waals surface area contributed by atoms with E-state index in [1.165, 1.54) is 0 Å². The average molecular weight is 380 g/mol. The molecule has 0 aromatic heterocycles. The van der Waals surface area contributed by atoms with E-state index in [1.54, 1.807) is 0 Å². The van der Waals surface area contributed by atoms with Gasteiger partial charge >= 0.3 is 0 Å². The number of likely N-dealkylation sites (tertiary alicyclic amines) is 1. The lowest BCUT2D eigenvalue weighted by Gasteiger charge is -2.26. The van der Waals surface area contributed by atoms with Crippen molar-refractivity contribution in [2.75, 3.05) is 26.2 Å². The van der Waals surface area contributed by atoms with Gasteiger partial charge in [0, 0.05) is 25.9 Å². The van der Waals surface area contributed by atoms with Crippen molar-refractivity contribution in [1.82, 2.24) is 15.5 Å². The molecular weight excluding hydrogens is 350 g/mol. The fourth-order valence-corrected chi connectivity index (χ4v) is 3.81. The van der Waals surface area contributed by atoms with Crippen molar-refractivity contribution in [1.29, 1.82) is 0 Å². The van der Waals surface area contributed by atoms with Crippen molar-refractivity contribution in [3.8, 4) is 0 Å². The molecule has 0 saturated carbocycles. The van der Waals surface area contributed by atoms with Gasteiger partial charge in [-0.3, -0.25) is 9.59 Å². The highest BCUT2D eigenvalue weighted by molar-refractivity contribution is 5.85. The van der Waals surface area contributed by atoms with E-state index in [9.17, 15) is 9.59 Å². The zero-order valence-corrected chi connectivity index (χ0v) is 16.1. The van der Waals surface area contributed by atoms with Crippen LogP contribution in [0.25, 0.3) is 0 Å². The van der Waals surface area contributed by atoms with E-state index in [4.69, 9.17) is 0 Å². The molecule has 1 aromatic carbocycles. The summed E-state index contributed by atoms with van der Waals surface area (Å²) in [7, 11) is 0. The number of nitrogens with one attached hydrogen (secondary N) is 2. The molecule has 26 heavy (non-hydrogen) atoms. The Morgan fingerprint density at radius 2 is 1.96 bits per heavy atom. The zero-order valence-electron chi connectivity index (χ0n) is 15.3. The molecule has 0 bridgehead atoms. The minimum atomic E-state index is -0.122. The third kappa shape index (κ3) is 5.99. The maximum Gasteiger partial charge on any atom is 0.222 e. The second-order valence-electron chi connectivity index (χ2n) is 7.21. The SMILES string of the molecule is Cl.O=C(CCC1CCNCC1)NC(CN1CCCC1=O)c1ccccc1. The van der Waals surface area contributed by atoms with Crippen molar-refractivity contribution < 1.29 is 9.59 Å². The lowest BCUT2D eigenvalue weighted by Crippen LogP contribution is -2.38. The Kier molecular flexibility index (Phi) is 8.39. The molecule has 1 aromatic rings. The van der Waals surface area contributed by atoms with Gasteiger partial charge in [-0.25, -0.2) is 0 Å². The van der Waals surface area contributed by atoms with E-state index in [1.807, 2.05) is 35.2 Å². The molecule has 0 radical (unpaired) electrons. The fourth-order valence-electron chi connectivity index (χ4n) is 3.81. The molecule has 2 heterocycles. The summed E-state index contributed by atoms with van der Waals surface area (Å²) in [6.45, 7) is 3.50. The fraction of sp³-hybridized carbons (Fsp3) is 0.600. The molecule has 2 amide bonds. The average Bonchev–Trinajstić information content (AvgIpc) is 3.06. The van der Waals surface area contributed by atoms with Crippen LogP contribution in [0, 0.1) is 5.92 Å². The van der Waals surface area contributed by atoms with Crippen molar-refractivity contribution in [3.63, 3.8) is 0 Å². The molecule has 2 N–H and O–H groups in total. The number of halogens is 1. The third-order valence-electron chi connectivity index (χ3n) is 5.35. The van der Waals surface area contributed by atoms with Crippen LogP contribution in [0.2, 0.25) is 0 Å². The summed E-state index contributed by atoms with van der Waals surface area (Å²) in [6, 6.07) is 9.87. The van der Waals surface area contributed by atoms with Gasteiger partial charge in [0.2, 0.25) is 11.8 Å². The summed E-state index contributed by atoms with van der Waals surface area (Å²) in [5, 5.41) is 6.53. The molecule has 2 fully saturated rings. The van der Waals surface area contributed by atoms with Gasteiger partial charge in [-0.05, 0) is 50.3 Å². The van der Waals surface area contributed by atoms with E-state index >= 15 is 0 Å². The van der Waals surface area contributed by atoms with Crippen LogP contribution >= 0.6 is 12.4 Å². The summed E-state index contributed by atoms with van der Waals surface area (Å²) in [5.41, 5.74) is 1.07. The number of piperidine rings is 1. The maximum atomic E-state index is 12.5. The minimum absolute atomic E-state index is 0. The topological polar surface area (TPSA) is 61.4 Å². The number of amides is 2. The summed E-state index contributed by atoms with van der Waals surface area (Å²) >= 11 is 0. The van der Waals surface area contributed by atoms with E-state index < -0.39 is 0 Å². The third-order valence-corrected chi connectivity index (χ3v) is 5.35. The molecule has 1 unspecified atom stereocenters. The summed E-state index contributed by atoms with van der Waals surface area (Å²) in [4.78, 5) is 26.3. The van der Waals surface area contributed by atoms with Gasteiger partial charge in [0.05, 0.1) is 6.04 Å². The first-order chi connectivity index (χ1) is 12.2. The van der Waals surface area contributed by atoms with Crippen molar-refractivity contribution in [3.05, 3.63) is 35.9 Å². The summed E-state index contributed by atoms with van der Waals surface area (Å²) < 4.78 is 0. The molecule has 144 valence electrons. The Balaban J connectivity index is 0.00000243. The van der Waals surface area contributed by atoms with Crippen LogP contribution in [-0.2, 0) is 9.59 Å². The smallest absolute Gasteiger partial charge is 0.222 e. The lowest BCUT2D eigenvalue weighted by molar-refractivity contribution is -0.129. The number of benzene rings is 1. The van der Waals surface area contributed by atoms with E-state index in [2.05, 4.69) is 10.6 Å². The van der Waals surface area contributed by atoms with Crippen molar-refractivity contribution >= 4 is 24.2 Å². The van der Waals surface area contributed by atoms with Crippen LogP contribution in [-0.4, -0.2) is 42.9 Å². The Labute approximate surface area is 162 Å². The van der Waals surface area contributed by atoms with Gasteiger partial charge in [0.25, 0.3) is 0 Å². The molecule has 2 aliphatic rings. The van der Waals surface area contributed by atoms with Gasteiger partial charge in [-0.1, -0.05) is 30.3 Å². The molecule has 2 saturated heterocycles. The molecule has 1 atom stereocenters. The first-order valence-corrected chi connectivity index (χ1v) is 9.55. The predicted molar refractivity (Wildman–Crippen MR) is 105 cm³/mol. The monoisotopic (exact) mass is 379 g/mol. The van der Waals surface area contributed by atoms with Gasteiger partial charge in [-0.2, -0.15) is 0 Å². The Hall–Kier alpha value is -1.59. The highest BCUT2D eigenvalue weighted by Crippen LogP contribution is 2.20. The largest absolute Gasteiger partial charge is 0.348 e. The van der Waals surface area contributed by atoms with E-state index in [0.29, 0.717) is 25.3 Å². The Morgan fingerprint density at radius 1 is 1.23 bits per heavy atom. The quantitative estimate of drug-likeness (QED) is 0.765. The van der Waals surface area contributed by atoms with Crippen molar-refractivity contribution in [2.45, 2.75) is 44.6 Å². The van der Waals surface area contributed by atoms with E-state index in [0.717, 1.165) is 50.9 Å². The van der Waals surface area contributed by atoms with Crippen LogP contribution in [0.4, 0.5) is 0 Å². The lowest BCUT2D eigenvalue weighted by atomic mass is 9.93. The van der Waals surface area contributed by atoms with Gasteiger partial charge < -0.3 is 15.5 Å². The molecule has 6 heteroatoms. The number of hydrogen-bond donors (Lipinski definition) is 2. The number of rotatable bonds is 7. The van der Waals surface area contributed by atoms with E-state index in [-0.39, 0.29) is 30.3 Å². The normalized spacial score (nSPS) is 19.1. The summed E-state index contributed by atoms with van der Waals surface area (Å²) in [5.74, 6) is 0.950. The van der Waals surface area contributed by atoms with Crippen LogP contribution in [0.1, 0.15) is 50.1 Å². The molecule has 5 nitrogen and oxygen atoms in total. The highest BCUT2D eigenvalue weighted by atomic mass is 35.5. The van der Waals surface area contributed by atoms with Gasteiger partial charge in [0.1, 0.15) is 0 Å². The minimum Gasteiger partial charge on any atom is -0.348 e. The standard InChI is InChI=1S/C20H29N3O2.ClH/c24-19(9-8-16-10-12-21-13-11-16)22-18(17-5-2-1-3-6-17)15-23-14-4-7-20(23)25;/h1-3,5-6,16,18,21H,4,7-15H2,(H,22,24);1H.